The zero-order valence-corrected chi connectivity index (χ0v) is 25.3. The molecular weight excluding hydrogens is 576 g/mol. The lowest BCUT2D eigenvalue weighted by Crippen LogP contribution is -2.58. The minimum atomic E-state index is -1.13. The molecule has 1 spiro atoms. The van der Waals surface area contributed by atoms with E-state index in [4.69, 9.17) is 14.2 Å². The van der Waals surface area contributed by atoms with Crippen LogP contribution in [0.4, 0.5) is 0 Å². The zero-order chi connectivity index (χ0) is 31.7. The molecule has 11 nitrogen and oxygen atoms in total. The van der Waals surface area contributed by atoms with Gasteiger partial charge in [0.25, 0.3) is 0 Å². The molecule has 1 atom stereocenters. The first-order chi connectivity index (χ1) is 21.7. The molecule has 0 saturated carbocycles. The van der Waals surface area contributed by atoms with Crippen LogP contribution in [-0.2, 0) is 7.05 Å². The normalized spacial score (nSPS) is 17.0. The fraction of sp³-hybridized carbons (Fsp3) is 0.324. The van der Waals surface area contributed by atoms with Crippen molar-refractivity contribution < 1.29 is 33.7 Å². The topological polar surface area (TPSA) is 142 Å². The lowest BCUT2D eigenvalue weighted by atomic mass is 9.70. The van der Waals surface area contributed by atoms with Crippen LogP contribution in [0, 0.1) is 5.92 Å². The number of pyridine rings is 1. The molecule has 0 bridgehead atoms. The molecule has 1 fully saturated rings. The molecule has 0 radical (unpaired) electrons. The summed E-state index contributed by atoms with van der Waals surface area (Å²) < 4.78 is 20.4. The maximum absolute atomic E-state index is 14.6. The second-order valence-electron chi connectivity index (χ2n) is 11.1. The number of nitrogens with zero attached hydrogens (tertiary/aromatic N) is 3. The van der Waals surface area contributed by atoms with Crippen LogP contribution in [0.3, 0.4) is 0 Å². The molecule has 2 aromatic heterocycles. The molecule has 2 aliphatic rings. The summed E-state index contributed by atoms with van der Waals surface area (Å²) in [5.74, 6) is -1.59. The van der Waals surface area contributed by atoms with Crippen LogP contribution in [0.15, 0.2) is 61.1 Å². The van der Waals surface area contributed by atoms with E-state index in [1.807, 2.05) is 27.1 Å². The van der Waals surface area contributed by atoms with Crippen LogP contribution in [0.2, 0.25) is 0 Å². The minimum absolute atomic E-state index is 0.0815. The summed E-state index contributed by atoms with van der Waals surface area (Å²) in [6.07, 6.45) is 5.96. The number of aryl methyl sites for hydroxylation is 1. The number of rotatable bonds is 9. The van der Waals surface area contributed by atoms with E-state index in [0.29, 0.717) is 84.2 Å². The number of ether oxygens (including phenoxy) is 3. The summed E-state index contributed by atoms with van der Waals surface area (Å²) >= 11 is 0. The smallest absolute Gasteiger partial charge is 0.354 e. The molecule has 0 amide bonds. The molecular formula is C34H34N4O7. The third-order valence-electron chi connectivity index (χ3n) is 8.32. The number of carboxylic acid groups (broad SMARTS) is 1. The molecule has 4 aromatic rings. The predicted molar refractivity (Wildman–Crippen MR) is 165 cm³/mol. The van der Waals surface area contributed by atoms with Gasteiger partial charge in [0.1, 0.15) is 34.5 Å². The maximum atomic E-state index is 14.6. The number of nitrogens with one attached hydrogen (secondary N) is 1. The average molecular weight is 611 g/mol. The highest BCUT2D eigenvalue weighted by molar-refractivity contribution is 6.19. The fourth-order valence-corrected chi connectivity index (χ4v) is 6.23. The maximum Gasteiger partial charge on any atom is 0.354 e. The fourth-order valence-electron chi connectivity index (χ4n) is 6.23. The molecule has 0 unspecified atom stereocenters. The van der Waals surface area contributed by atoms with Crippen LogP contribution in [0.25, 0.3) is 22.3 Å². The average Bonchev–Trinajstić information content (AvgIpc) is 3.47. The van der Waals surface area contributed by atoms with Gasteiger partial charge in [0.05, 0.1) is 30.5 Å². The van der Waals surface area contributed by atoms with Gasteiger partial charge in [-0.3, -0.25) is 14.3 Å². The van der Waals surface area contributed by atoms with E-state index >= 15 is 0 Å². The number of carbonyl (C=O) groups excluding carboxylic acids is 2. The molecule has 45 heavy (non-hydrogen) atoms. The van der Waals surface area contributed by atoms with Gasteiger partial charge < -0.3 is 24.6 Å². The van der Waals surface area contributed by atoms with Crippen molar-refractivity contribution in [1.82, 2.24) is 20.1 Å². The van der Waals surface area contributed by atoms with Crippen LogP contribution >= 0.6 is 0 Å². The van der Waals surface area contributed by atoms with Crippen LogP contribution in [0.5, 0.6) is 17.2 Å². The second kappa shape index (κ2) is 12.2. The Balaban J connectivity index is 1.44. The van der Waals surface area contributed by atoms with Gasteiger partial charge in [0, 0.05) is 49.0 Å². The number of aromatic carboxylic acids is 1. The van der Waals surface area contributed by atoms with E-state index in [1.165, 1.54) is 12.3 Å². The van der Waals surface area contributed by atoms with E-state index in [1.54, 1.807) is 47.3 Å². The van der Waals surface area contributed by atoms with Crippen molar-refractivity contribution in [2.45, 2.75) is 32.3 Å². The number of fused-ring (bicyclic) bond motifs is 1. The highest BCUT2D eigenvalue weighted by Crippen LogP contribution is 2.46. The molecule has 2 aliphatic heterocycles. The number of hydrogen-bond donors (Lipinski definition) is 2. The monoisotopic (exact) mass is 610 g/mol. The number of piperidine rings is 1. The van der Waals surface area contributed by atoms with Crippen molar-refractivity contribution in [1.29, 1.82) is 0 Å². The van der Waals surface area contributed by atoms with E-state index in [2.05, 4.69) is 15.4 Å². The lowest BCUT2D eigenvalue weighted by molar-refractivity contribution is -0.0138. The Bertz CT molecular complexity index is 1750. The Morgan fingerprint density at radius 2 is 1.69 bits per heavy atom. The summed E-state index contributed by atoms with van der Waals surface area (Å²) in [4.78, 5) is 44.3. The van der Waals surface area contributed by atoms with E-state index in [0.717, 1.165) is 5.56 Å². The van der Waals surface area contributed by atoms with Crippen molar-refractivity contribution in [2.24, 2.45) is 13.0 Å². The highest BCUT2D eigenvalue weighted by atomic mass is 16.5. The second-order valence-corrected chi connectivity index (χ2v) is 11.1. The first-order valence-corrected chi connectivity index (χ1v) is 15.0. The largest absolute Gasteiger partial charge is 0.493 e. The van der Waals surface area contributed by atoms with Gasteiger partial charge in [-0.2, -0.15) is 5.10 Å². The Morgan fingerprint density at radius 1 is 1.00 bits per heavy atom. The SMILES string of the molecule is CCOc1cc(C(=O)[C@@H]2C(=O)c3cc(-c4ccc(C(=O)O)nc4)ccc3OC23CCNCC3)cc(OCC)c1-c1cnn(C)c1. The third-order valence-corrected chi connectivity index (χ3v) is 8.32. The van der Waals surface area contributed by atoms with Gasteiger partial charge in [0.15, 0.2) is 11.6 Å². The number of hydrogen-bond acceptors (Lipinski definition) is 9. The molecule has 0 aliphatic carbocycles. The van der Waals surface area contributed by atoms with Crippen molar-refractivity contribution in [3.8, 4) is 39.5 Å². The Hall–Kier alpha value is -5.03. The number of ketones is 2. The van der Waals surface area contributed by atoms with E-state index in [-0.39, 0.29) is 17.3 Å². The first-order valence-electron chi connectivity index (χ1n) is 15.0. The van der Waals surface area contributed by atoms with Gasteiger partial charge in [-0.15, -0.1) is 0 Å². The quantitative estimate of drug-likeness (QED) is 0.200. The summed E-state index contributed by atoms with van der Waals surface area (Å²) in [5.41, 5.74) is 2.23. The minimum Gasteiger partial charge on any atom is -0.493 e. The number of carbonyl (C=O) groups is 3. The summed E-state index contributed by atoms with van der Waals surface area (Å²) in [7, 11) is 1.82. The van der Waals surface area contributed by atoms with Gasteiger partial charge >= 0.3 is 5.97 Å². The molecule has 2 N–H and O–H groups in total. The number of aromatic nitrogens is 3. The highest BCUT2D eigenvalue weighted by Gasteiger charge is 2.54. The van der Waals surface area contributed by atoms with Crippen LogP contribution < -0.4 is 19.5 Å². The molecule has 2 aromatic carbocycles. The number of Topliss-reactive ketones (excluding diaryl/α,β-unsaturated/α-hetero) is 2. The van der Waals surface area contributed by atoms with E-state index in [9.17, 15) is 19.5 Å². The third kappa shape index (κ3) is 5.55. The Kier molecular flexibility index (Phi) is 8.11. The molecule has 6 rings (SSSR count). The first kappa shape index (κ1) is 30.0. The Labute approximate surface area is 260 Å². The summed E-state index contributed by atoms with van der Waals surface area (Å²) in [6, 6.07) is 11.6. The molecule has 232 valence electrons. The molecule has 11 heteroatoms. The Morgan fingerprint density at radius 3 is 2.27 bits per heavy atom. The zero-order valence-electron chi connectivity index (χ0n) is 25.3. The van der Waals surface area contributed by atoms with Gasteiger partial charge in [-0.25, -0.2) is 9.78 Å². The van der Waals surface area contributed by atoms with Crippen LogP contribution in [0.1, 0.15) is 57.9 Å². The van der Waals surface area contributed by atoms with Crippen molar-refractivity contribution in [2.75, 3.05) is 26.3 Å². The lowest BCUT2D eigenvalue weighted by Gasteiger charge is -2.45. The predicted octanol–water partition coefficient (Wildman–Crippen LogP) is 4.84. The van der Waals surface area contributed by atoms with Crippen LogP contribution in [-0.4, -0.2) is 69.3 Å². The number of benzene rings is 2. The van der Waals surface area contributed by atoms with E-state index < -0.39 is 17.5 Å². The van der Waals surface area contributed by atoms with Gasteiger partial charge in [-0.05, 0) is 62.8 Å². The van der Waals surface area contributed by atoms with Crippen molar-refractivity contribution in [3.63, 3.8) is 0 Å². The van der Waals surface area contributed by atoms with Gasteiger partial charge in [-0.1, -0.05) is 12.1 Å². The summed E-state index contributed by atoms with van der Waals surface area (Å²) in [6.45, 7) is 5.64. The molecule has 1 saturated heterocycles. The van der Waals surface area contributed by atoms with Crippen molar-refractivity contribution >= 4 is 17.5 Å². The van der Waals surface area contributed by atoms with Gasteiger partial charge in [0.2, 0.25) is 0 Å². The summed E-state index contributed by atoms with van der Waals surface area (Å²) in [5, 5.41) is 16.8. The molecule has 4 heterocycles. The van der Waals surface area contributed by atoms with Crippen molar-refractivity contribution in [3.05, 3.63) is 77.9 Å². The number of carboxylic acids is 1. The standard InChI is InChI=1S/C34H34N4O7/c1-4-43-27-15-22(16-28(44-5-2)29(27)23-18-37-38(3)19-23)31(39)30-32(40)24-14-20(21-6-8-25(33(41)42)36-17-21)7-9-26(24)45-34(30)10-12-35-13-11-34/h6-9,14-19,30,35H,4-5,10-13H2,1-3H3,(H,41,42)/t30-/m1/s1.